The van der Waals surface area contributed by atoms with Gasteiger partial charge in [-0.05, 0) is 147 Å². The summed E-state index contributed by atoms with van der Waals surface area (Å²) in [5, 5.41) is 24.0. The van der Waals surface area contributed by atoms with E-state index in [-0.39, 0.29) is 0 Å². The summed E-state index contributed by atoms with van der Waals surface area (Å²) in [6.07, 6.45) is 0. The lowest BCUT2D eigenvalue weighted by atomic mass is 9.94. The van der Waals surface area contributed by atoms with Gasteiger partial charge in [-0.3, -0.25) is 8.80 Å². The molecule has 0 aliphatic rings. The molecule has 0 saturated heterocycles. The summed E-state index contributed by atoms with van der Waals surface area (Å²) in [5.41, 5.74) is 26.9. The Morgan fingerprint density at radius 2 is 0.663 bits per heavy atom. The van der Waals surface area contributed by atoms with E-state index in [4.69, 9.17) is 9.97 Å². The number of benzene rings is 15. The molecule has 0 spiro atoms. The molecule has 476 valence electrons. The molecule has 0 unspecified atom stereocenters. The summed E-state index contributed by atoms with van der Waals surface area (Å²) in [6.45, 7) is 0. The molecule has 0 aliphatic heterocycles. The molecule has 8 heteroatoms. The number of aromatic nitrogens is 7. The first-order chi connectivity index (χ1) is 51.6. The number of rotatable bonds is 6. The van der Waals surface area contributed by atoms with Gasteiger partial charge in [0.1, 0.15) is 11.3 Å². The van der Waals surface area contributed by atoms with Crippen LogP contribution in [-0.2, 0) is 0 Å². The van der Waals surface area contributed by atoms with Crippen molar-refractivity contribution in [1.82, 2.24) is 32.1 Å². The zero-order valence-corrected chi connectivity index (χ0v) is 55.6. The van der Waals surface area contributed by atoms with E-state index in [1.807, 2.05) is 0 Å². The largest absolute Gasteiger partial charge is 0.309 e. The summed E-state index contributed by atoms with van der Waals surface area (Å²) in [4.78, 5) is 14.3. The van der Waals surface area contributed by atoms with Crippen molar-refractivity contribution in [3.63, 3.8) is 0 Å². The van der Waals surface area contributed by atoms with Crippen molar-refractivity contribution in [2.24, 2.45) is 0 Å². The van der Waals surface area contributed by atoms with Crippen LogP contribution in [0.2, 0.25) is 0 Å². The number of pyridine rings is 2. The SMILES string of the molecule is c1ccc(N(c2ccccc2)c2cc3ccccc3c3c4cc(-c5ccc6c(c5)c5cc(-c7cc8ccccc8c8c9cccc%10c%11cc%12c(nc%11n(c78)c%109)c7cccc8c9ccccc9n%12c87)ccc5n6-c5ccccc5)cc5c6cc7c(nc6n(c23)c54)c2cccc3c4ccccc4n7c32)cc1. The highest BCUT2D eigenvalue weighted by Crippen LogP contribution is 2.53. The smallest absolute Gasteiger partial charge is 0.146 e. The maximum Gasteiger partial charge on any atom is 0.146 e. The first-order valence-corrected chi connectivity index (χ1v) is 35.9. The van der Waals surface area contributed by atoms with Crippen LogP contribution in [0.15, 0.2) is 315 Å². The van der Waals surface area contributed by atoms with Gasteiger partial charge in [-0.2, -0.15) is 0 Å². The summed E-state index contributed by atoms with van der Waals surface area (Å²) in [6, 6.07) is 118. The molecule has 8 nitrogen and oxygen atoms in total. The predicted octanol–water partition coefficient (Wildman–Crippen LogP) is 25.3. The Balaban J connectivity index is 0.763. The number of para-hydroxylation sites is 8. The normalized spacial score (nSPS) is 12.8. The van der Waals surface area contributed by atoms with Crippen LogP contribution in [0.5, 0.6) is 0 Å². The zero-order valence-electron chi connectivity index (χ0n) is 55.6. The summed E-state index contributed by atoms with van der Waals surface area (Å²) >= 11 is 0. The summed E-state index contributed by atoms with van der Waals surface area (Å²) in [7, 11) is 0. The molecule has 0 bridgehead atoms. The van der Waals surface area contributed by atoms with Crippen LogP contribution in [0.1, 0.15) is 0 Å². The Kier molecular flexibility index (Phi) is 9.86. The second kappa shape index (κ2) is 19.1. The van der Waals surface area contributed by atoms with Gasteiger partial charge in [0.05, 0.1) is 82.9 Å². The van der Waals surface area contributed by atoms with Crippen molar-refractivity contribution in [1.29, 1.82) is 0 Å². The fourth-order valence-electron chi connectivity index (χ4n) is 19.5. The van der Waals surface area contributed by atoms with E-state index < -0.39 is 0 Å². The van der Waals surface area contributed by atoms with Gasteiger partial charge in [0.25, 0.3) is 0 Å². The van der Waals surface area contributed by atoms with Gasteiger partial charge < -0.3 is 18.3 Å². The first-order valence-electron chi connectivity index (χ1n) is 35.9. The van der Waals surface area contributed by atoms with Crippen molar-refractivity contribution in [2.75, 3.05) is 4.90 Å². The van der Waals surface area contributed by atoms with E-state index in [0.29, 0.717) is 0 Å². The van der Waals surface area contributed by atoms with Gasteiger partial charge in [-0.1, -0.05) is 206 Å². The maximum absolute atomic E-state index is 6.01. The third-order valence-corrected chi connectivity index (χ3v) is 23.6. The molecule has 15 aromatic carbocycles. The van der Waals surface area contributed by atoms with E-state index in [0.717, 1.165) is 116 Å². The Hall–Kier alpha value is -14.1. The third kappa shape index (κ3) is 6.57. The Labute approximate surface area is 590 Å². The average molecular weight is 1320 g/mol. The van der Waals surface area contributed by atoms with Crippen LogP contribution < -0.4 is 4.90 Å². The molecule has 26 aromatic rings. The average Bonchev–Trinajstić information content (AvgIpc) is 1.45. The molecule has 26 rings (SSSR count). The molecular weight excluding hydrogens is 1270 g/mol. The molecule has 0 radical (unpaired) electrons. The third-order valence-electron chi connectivity index (χ3n) is 23.6. The van der Waals surface area contributed by atoms with Gasteiger partial charge in [-0.15, -0.1) is 0 Å². The van der Waals surface area contributed by atoms with E-state index in [9.17, 15) is 0 Å². The standard InChI is InChI=1S/C96H52N8/c1-4-23-58(24-5-1)99(59-25-6-2-7-26-59)84-50-55-22-11-13-30-62(55)86-77-49-57(48-74-76-52-83-88(98-96(76)104(92(74)77)94(84)86)70-38-20-34-66-64-32-15-17-40-79(64)102(83)91(66)70)53-41-43-80-72(45-53)73-47-56(42-44-81(73)100(80)60-27-8-3-9-28-60)71-46-54-21-10-12-29-61(54)85-68-36-18-35-67-75-51-82-87(97-95(75)103(89(67)68)93(71)85)69-37-19-33-65-63-31-14-16-39-78(63)101(82)90(65)69/h1-52H. The minimum Gasteiger partial charge on any atom is -0.309 e. The predicted molar refractivity (Wildman–Crippen MR) is 436 cm³/mol. The second-order valence-electron chi connectivity index (χ2n) is 28.7. The highest BCUT2D eigenvalue weighted by atomic mass is 15.2. The Bertz CT molecular complexity index is 8240. The fraction of sp³-hybridized carbons (Fsp3) is 0. The van der Waals surface area contributed by atoms with Crippen molar-refractivity contribution in [3.8, 4) is 27.9 Å². The lowest BCUT2D eigenvalue weighted by molar-refractivity contribution is 1.18. The molecule has 104 heavy (non-hydrogen) atoms. The maximum atomic E-state index is 6.01. The summed E-state index contributed by atoms with van der Waals surface area (Å²) < 4.78 is 12.4. The van der Waals surface area contributed by atoms with Crippen LogP contribution in [-0.4, -0.2) is 32.1 Å². The van der Waals surface area contributed by atoms with Gasteiger partial charge in [-0.25, -0.2) is 9.97 Å². The lowest BCUT2D eigenvalue weighted by Gasteiger charge is -2.27. The molecular formula is C96H52N8. The second-order valence-corrected chi connectivity index (χ2v) is 28.7. The first kappa shape index (κ1) is 53.8. The molecule has 0 atom stereocenters. The van der Waals surface area contributed by atoms with E-state index in [1.165, 1.54) is 125 Å². The Morgan fingerprint density at radius 3 is 1.28 bits per heavy atom. The number of hydrogen-bond donors (Lipinski definition) is 0. The fourth-order valence-corrected chi connectivity index (χ4v) is 19.5. The monoisotopic (exact) mass is 1320 g/mol. The van der Waals surface area contributed by atoms with Crippen molar-refractivity contribution >= 4 is 213 Å². The van der Waals surface area contributed by atoms with Gasteiger partial charge in [0.2, 0.25) is 0 Å². The van der Waals surface area contributed by atoms with Gasteiger partial charge in [0, 0.05) is 109 Å². The van der Waals surface area contributed by atoms with Crippen LogP contribution in [0.3, 0.4) is 0 Å². The van der Waals surface area contributed by atoms with Crippen LogP contribution >= 0.6 is 0 Å². The minimum absolute atomic E-state index is 0.938. The highest BCUT2D eigenvalue weighted by Gasteiger charge is 2.31. The quantitative estimate of drug-likeness (QED) is 0.167. The number of fused-ring (bicyclic) bond motifs is 31. The van der Waals surface area contributed by atoms with E-state index in [2.05, 4.69) is 343 Å². The number of hydrogen-bond acceptors (Lipinski definition) is 3. The molecule has 0 fully saturated rings. The van der Waals surface area contributed by atoms with Crippen LogP contribution in [0, 0.1) is 0 Å². The molecule has 11 heterocycles. The minimum atomic E-state index is 0.938. The number of nitrogens with zero attached hydrogens (tertiary/aromatic N) is 8. The van der Waals surface area contributed by atoms with Gasteiger partial charge >= 0.3 is 0 Å². The van der Waals surface area contributed by atoms with E-state index >= 15 is 0 Å². The topological polar surface area (TPSA) is 51.6 Å². The highest BCUT2D eigenvalue weighted by molar-refractivity contribution is 6.35. The van der Waals surface area contributed by atoms with Crippen LogP contribution in [0.4, 0.5) is 17.1 Å². The van der Waals surface area contributed by atoms with Crippen molar-refractivity contribution in [2.45, 2.75) is 0 Å². The number of anilines is 3. The van der Waals surface area contributed by atoms with Crippen molar-refractivity contribution < 1.29 is 0 Å². The van der Waals surface area contributed by atoms with Crippen molar-refractivity contribution in [3.05, 3.63) is 315 Å². The zero-order chi connectivity index (χ0) is 67.1. The van der Waals surface area contributed by atoms with Crippen LogP contribution in [0.25, 0.3) is 224 Å². The van der Waals surface area contributed by atoms with E-state index in [1.54, 1.807) is 0 Å². The molecule has 0 amide bonds. The Morgan fingerprint density at radius 1 is 0.231 bits per heavy atom. The molecule has 0 saturated carbocycles. The molecule has 0 N–H and O–H groups in total. The lowest BCUT2D eigenvalue weighted by Crippen LogP contribution is -2.11. The van der Waals surface area contributed by atoms with Gasteiger partial charge in [0.15, 0.2) is 0 Å². The summed E-state index contributed by atoms with van der Waals surface area (Å²) in [5.74, 6) is 0. The molecule has 11 aromatic heterocycles. The molecule has 0 aliphatic carbocycles.